The maximum atomic E-state index is 13.8. The van der Waals surface area contributed by atoms with E-state index in [-0.39, 0.29) is 24.3 Å². The Balaban J connectivity index is 1.68. The van der Waals surface area contributed by atoms with E-state index >= 15 is 0 Å². The van der Waals surface area contributed by atoms with Crippen molar-refractivity contribution in [3.63, 3.8) is 0 Å². The lowest BCUT2D eigenvalue weighted by atomic mass is 9.64. The molecule has 2 heterocycles. The number of hydrogen-bond acceptors (Lipinski definition) is 5. The zero-order valence-electron chi connectivity index (χ0n) is 17.5. The van der Waals surface area contributed by atoms with Crippen molar-refractivity contribution in [2.75, 3.05) is 0 Å². The minimum Gasteiger partial charge on any atom is -0.503 e. The van der Waals surface area contributed by atoms with Crippen LogP contribution in [0.2, 0.25) is 0 Å². The topological polar surface area (TPSA) is 109 Å². The molecular weight excluding hydrogens is 422 g/mol. The third kappa shape index (κ3) is 3.37. The average Bonchev–Trinajstić information content (AvgIpc) is 2.89. The average molecular weight is 445 g/mol. The zero-order chi connectivity index (χ0) is 23.3. The molecule has 1 aliphatic carbocycles. The molecule has 4 rings (SSSR count). The van der Waals surface area contributed by atoms with E-state index < -0.39 is 51.1 Å². The number of nitrogens with one attached hydrogen (secondary N) is 1. The lowest BCUT2D eigenvalue weighted by molar-refractivity contribution is -0.0831. The molecule has 1 saturated carbocycles. The van der Waals surface area contributed by atoms with Crippen molar-refractivity contribution in [1.82, 2.24) is 9.88 Å². The van der Waals surface area contributed by atoms with Gasteiger partial charge in [-0.05, 0) is 13.0 Å². The summed E-state index contributed by atoms with van der Waals surface area (Å²) in [7, 11) is 0. The number of rotatable bonds is 3. The Bertz CT molecular complexity index is 1180. The largest absolute Gasteiger partial charge is 0.503 e. The van der Waals surface area contributed by atoms with Crippen molar-refractivity contribution in [3.05, 3.63) is 69.5 Å². The van der Waals surface area contributed by atoms with E-state index in [0.29, 0.717) is 31.7 Å². The van der Waals surface area contributed by atoms with Gasteiger partial charge in [-0.3, -0.25) is 14.4 Å². The molecule has 32 heavy (non-hydrogen) atoms. The molecule has 9 heteroatoms. The fourth-order valence-corrected chi connectivity index (χ4v) is 4.62. The summed E-state index contributed by atoms with van der Waals surface area (Å²) >= 11 is 0. The SMILES string of the molecule is C[C@@]12CC[CH+]CC[C@]1(O)Cn1cc(C(=O)NCc3ccc(F)cc3F)c(=O)c(O)c1C2=O. The molecule has 1 aromatic carbocycles. The number of Topliss-reactive ketones (excluding diaryl/α,β-unsaturated/α-hetero) is 1. The van der Waals surface area contributed by atoms with Gasteiger partial charge in [0.05, 0.1) is 36.8 Å². The fraction of sp³-hybridized carbons (Fsp3) is 0.391. The highest BCUT2D eigenvalue weighted by atomic mass is 19.1. The summed E-state index contributed by atoms with van der Waals surface area (Å²) in [6.45, 7) is 1.25. The number of nitrogens with zero attached hydrogens (tertiary/aromatic N) is 1. The maximum Gasteiger partial charge on any atom is 0.257 e. The van der Waals surface area contributed by atoms with Gasteiger partial charge >= 0.3 is 0 Å². The molecule has 0 saturated heterocycles. The first kappa shape index (κ1) is 22.0. The van der Waals surface area contributed by atoms with E-state index in [0.717, 1.165) is 12.3 Å². The molecule has 1 fully saturated rings. The van der Waals surface area contributed by atoms with E-state index in [1.54, 1.807) is 6.92 Å². The highest BCUT2D eigenvalue weighted by molar-refractivity contribution is 6.04. The molecule has 0 bridgehead atoms. The van der Waals surface area contributed by atoms with Gasteiger partial charge in [-0.1, -0.05) is 6.07 Å². The smallest absolute Gasteiger partial charge is 0.257 e. The Hall–Kier alpha value is -3.20. The minimum absolute atomic E-state index is 0.0111. The Morgan fingerprint density at radius 2 is 1.97 bits per heavy atom. The summed E-state index contributed by atoms with van der Waals surface area (Å²) in [4.78, 5) is 38.6. The summed E-state index contributed by atoms with van der Waals surface area (Å²) in [5.41, 5.74) is -4.28. The van der Waals surface area contributed by atoms with Crippen LogP contribution in [0.1, 0.15) is 59.0 Å². The van der Waals surface area contributed by atoms with Gasteiger partial charge in [-0.2, -0.15) is 0 Å². The van der Waals surface area contributed by atoms with Crippen molar-refractivity contribution in [3.8, 4) is 5.75 Å². The molecule has 2 aliphatic rings. The lowest BCUT2D eigenvalue weighted by Gasteiger charge is -2.46. The second-order valence-electron chi connectivity index (χ2n) is 8.67. The number of pyridine rings is 1. The molecule has 2 aromatic rings. The van der Waals surface area contributed by atoms with E-state index in [9.17, 15) is 33.4 Å². The number of halogens is 2. The van der Waals surface area contributed by atoms with Crippen LogP contribution in [0.5, 0.6) is 5.75 Å². The number of hydrogen-bond donors (Lipinski definition) is 3. The number of amides is 1. The highest BCUT2D eigenvalue weighted by Crippen LogP contribution is 2.49. The number of fused-ring (bicyclic) bond motifs is 2. The second-order valence-corrected chi connectivity index (χ2v) is 8.67. The van der Waals surface area contributed by atoms with Crippen LogP contribution in [0.25, 0.3) is 0 Å². The third-order valence-electron chi connectivity index (χ3n) is 6.74. The molecule has 0 spiro atoms. The molecule has 3 N–H and O–H groups in total. The van der Waals surface area contributed by atoms with Crippen molar-refractivity contribution in [1.29, 1.82) is 0 Å². The molecule has 1 aromatic heterocycles. The standard InChI is InChI=1S/C23H22F2N2O5/c1-22-7-3-2-4-8-23(22,32)12-27-11-15(18(28)19(29)17(27)20(22)30)21(31)26-10-13-5-6-14(24)9-16(13)25/h2,5-6,9,11,32H,3-4,7-8,10,12H2,1H3,(H-,26,29,30,31)/p+1/t22-,23-/m0/s1. The Kier molecular flexibility index (Phi) is 5.32. The number of aromatic nitrogens is 1. The lowest BCUT2D eigenvalue weighted by Crippen LogP contribution is -2.58. The quantitative estimate of drug-likeness (QED) is 0.629. The summed E-state index contributed by atoms with van der Waals surface area (Å²) in [5, 5.41) is 24.3. The molecule has 7 nitrogen and oxygen atoms in total. The Morgan fingerprint density at radius 1 is 1.25 bits per heavy atom. The maximum absolute atomic E-state index is 13.8. The van der Waals surface area contributed by atoms with Crippen molar-refractivity contribution >= 4 is 11.7 Å². The molecule has 168 valence electrons. The van der Waals surface area contributed by atoms with Gasteiger partial charge in [0, 0.05) is 37.2 Å². The summed E-state index contributed by atoms with van der Waals surface area (Å²) in [6, 6.07) is 2.88. The number of ketones is 1. The van der Waals surface area contributed by atoms with Gasteiger partial charge in [0.2, 0.25) is 5.43 Å². The van der Waals surface area contributed by atoms with Crippen LogP contribution in [0.15, 0.2) is 29.2 Å². The van der Waals surface area contributed by atoms with Crippen LogP contribution in [-0.2, 0) is 13.1 Å². The predicted octanol–water partition coefficient (Wildman–Crippen LogP) is 2.47. The highest BCUT2D eigenvalue weighted by Gasteiger charge is 2.58. The van der Waals surface area contributed by atoms with Crippen LogP contribution >= 0.6 is 0 Å². The van der Waals surface area contributed by atoms with Gasteiger partial charge in [-0.25, -0.2) is 8.78 Å². The first-order valence-corrected chi connectivity index (χ1v) is 10.3. The summed E-state index contributed by atoms with van der Waals surface area (Å²) in [6.07, 6.45) is 5.07. The van der Waals surface area contributed by atoms with E-state index in [2.05, 4.69) is 5.32 Å². The molecular formula is C23H23F2N2O5+. The minimum atomic E-state index is -1.41. The first-order valence-electron chi connectivity index (χ1n) is 10.3. The van der Waals surface area contributed by atoms with Crippen LogP contribution in [0.3, 0.4) is 0 Å². The number of carbonyl (C=O) groups excluding carboxylic acids is 2. The monoisotopic (exact) mass is 445 g/mol. The van der Waals surface area contributed by atoms with Crippen molar-refractivity contribution < 1.29 is 28.6 Å². The molecule has 1 aliphatic heterocycles. The Labute approximate surface area is 182 Å². The van der Waals surface area contributed by atoms with Crippen LogP contribution < -0.4 is 10.7 Å². The fourth-order valence-electron chi connectivity index (χ4n) is 4.62. The Morgan fingerprint density at radius 3 is 2.69 bits per heavy atom. The van der Waals surface area contributed by atoms with Crippen LogP contribution in [0.4, 0.5) is 8.78 Å². The number of carbonyl (C=O) groups is 2. The number of aliphatic hydroxyl groups is 1. The zero-order valence-corrected chi connectivity index (χ0v) is 17.5. The number of aromatic hydroxyl groups is 1. The van der Waals surface area contributed by atoms with E-state index in [1.165, 1.54) is 10.6 Å². The molecule has 0 unspecified atom stereocenters. The number of benzene rings is 1. The first-order chi connectivity index (χ1) is 15.1. The predicted molar refractivity (Wildman–Crippen MR) is 110 cm³/mol. The van der Waals surface area contributed by atoms with Crippen molar-refractivity contribution in [2.24, 2.45) is 5.41 Å². The second kappa shape index (κ2) is 7.74. The molecule has 2 atom stereocenters. The van der Waals surface area contributed by atoms with Crippen LogP contribution in [0, 0.1) is 23.5 Å². The van der Waals surface area contributed by atoms with Gasteiger partial charge in [0.25, 0.3) is 5.91 Å². The van der Waals surface area contributed by atoms with E-state index in [1.807, 2.05) is 6.42 Å². The van der Waals surface area contributed by atoms with E-state index in [4.69, 9.17) is 0 Å². The summed E-state index contributed by atoms with van der Waals surface area (Å²) < 4.78 is 28.1. The molecule has 1 amide bonds. The van der Waals surface area contributed by atoms with Gasteiger partial charge in [-0.15, -0.1) is 0 Å². The summed E-state index contributed by atoms with van der Waals surface area (Å²) in [5.74, 6) is -3.91. The molecule has 0 radical (unpaired) electrons. The van der Waals surface area contributed by atoms with Crippen molar-refractivity contribution in [2.45, 2.75) is 51.3 Å². The van der Waals surface area contributed by atoms with Crippen LogP contribution in [-0.4, -0.2) is 32.1 Å². The van der Waals surface area contributed by atoms with Gasteiger partial charge in [0.15, 0.2) is 11.5 Å². The third-order valence-corrected chi connectivity index (χ3v) is 6.74. The van der Waals surface area contributed by atoms with Gasteiger partial charge in [0.1, 0.15) is 22.9 Å². The normalized spacial score (nSPS) is 24.7. The van der Waals surface area contributed by atoms with Gasteiger partial charge < -0.3 is 20.1 Å².